The van der Waals surface area contributed by atoms with Crippen LogP contribution in [0, 0.1) is 0 Å². The summed E-state index contributed by atoms with van der Waals surface area (Å²) in [6.45, 7) is 0. The number of rotatable bonds is 0. The van der Waals surface area contributed by atoms with Crippen LogP contribution in [0.3, 0.4) is 0 Å². The molecule has 0 saturated heterocycles. The highest BCUT2D eigenvalue weighted by molar-refractivity contribution is 5.85. The fraction of sp³-hybridized carbons (Fsp3) is 0.333. The Bertz CT molecular complexity index is 118. The minimum atomic E-state index is -0.671. The van der Waals surface area contributed by atoms with E-state index in [1.54, 1.807) is 0 Å². The van der Waals surface area contributed by atoms with E-state index in [0.717, 1.165) is 6.08 Å². The van der Waals surface area contributed by atoms with Crippen LogP contribution in [0.15, 0.2) is 4.99 Å². The molecule has 0 aliphatic carbocycles. The fourth-order valence-corrected chi connectivity index (χ4v) is 0.0974. The van der Waals surface area contributed by atoms with Gasteiger partial charge in [0.1, 0.15) is 0 Å². The van der Waals surface area contributed by atoms with Gasteiger partial charge in [-0.2, -0.15) is 0 Å². The first-order valence-electron chi connectivity index (χ1n) is 1.61. The molecule has 1 N–H and O–H groups in total. The van der Waals surface area contributed by atoms with Gasteiger partial charge in [0, 0.05) is 7.05 Å². The van der Waals surface area contributed by atoms with Crippen LogP contribution in [0.25, 0.3) is 0 Å². The SMILES string of the molecule is CNC(=O)N=C=O.Cl. The van der Waals surface area contributed by atoms with Gasteiger partial charge in [0.25, 0.3) is 0 Å². The summed E-state index contributed by atoms with van der Waals surface area (Å²) < 4.78 is 0. The third-order valence-electron chi connectivity index (χ3n) is 0.361. The number of nitrogens with one attached hydrogen (secondary N) is 1. The molecular formula is C3H5ClN2O2. The summed E-state index contributed by atoms with van der Waals surface area (Å²) in [5.41, 5.74) is 0. The number of nitrogens with zero attached hydrogens (tertiary/aromatic N) is 1. The number of urea groups is 1. The van der Waals surface area contributed by atoms with Crippen molar-refractivity contribution in [1.29, 1.82) is 0 Å². The van der Waals surface area contributed by atoms with Crippen molar-refractivity contribution in [2.45, 2.75) is 0 Å². The Kier molecular flexibility index (Phi) is 7.82. The Hall–Kier alpha value is -0.860. The number of aliphatic imine (C=N–C) groups is 1. The van der Waals surface area contributed by atoms with E-state index >= 15 is 0 Å². The molecule has 5 heteroatoms. The molecule has 0 fully saturated rings. The van der Waals surface area contributed by atoms with Crippen molar-refractivity contribution >= 4 is 24.5 Å². The molecule has 0 aliphatic rings. The molecule has 8 heavy (non-hydrogen) atoms. The van der Waals surface area contributed by atoms with Crippen LogP contribution in [-0.2, 0) is 4.79 Å². The van der Waals surface area contributed by atoms with Gasteiger partial charge in [0.05, 0.1) is 0 Å². The number of isocyanates is 1. The van der Waals surface area contributed by atoms with Gasteiger partial charge in [0.2, 0.25) is 6.08 Å². The first-order valence-corrected chi connectivity index (χ1v) is 1.61. The van der Waals surface area contributed by atoms with Gasteiger partial charge in [-0.15, -0.1) is 17.4 Å². The predicted molar refractivity (Wildman–Crippen MR) is 29.8 cm³/mol. The Morgan fingerprint density at radius 2 is 2.25 bits per heavy atom. The number of hydrogen-bond acceptors (Lipinski definition) is 2. The van der Waals surface area contributed by atoms with Gasteiger partial charge in [0.15, 0.2) is 0 Å². The number of halogens is 1. The highest BCUT2D eigenvalue weighted by Crippen LogP contribution is 1.62. The third kappa shape index (κ3) is 5.14. The van der Waals surface area contributed by atoms with Crippen molar-refractivity contribution in [3.8, 4) is 0 Å². The maximum atomic E-state index is 9.87. The quantitative estimate of drug-likeness (QED) is 0.379. The Morgan fingerprint density at radius 3 is 2.38 bits per heavy atom. The van der Waals surface area contributed by atoms with Gasteiger partial charge in [-0.1, -0.05) is 0 Å². The second-order valence-electron chi connectivity index (χ2n) is 0.758. The van der Waals surface area contributed by atoms with Crippen molar-refractivity contribution in [3.63, 3.8) is 0 Å². The molecule has 46 valence electrons. The fourth-order valence-electron chi connectivity index (χ4n) is 0.0974. The summed E-state index contributed by atoms with van der Waals surface area (Å²) in [6.07, 6.45) is 1.08. The zero-order chi connectivity index (χ0) is 5.70. The minimum Gasteiger partial charge on any atom is -0.339 e. The zero-order valence-corrected chi connectivity index (χ0v) is 4.99. The second kappa shape index (κ2) is 6.14. The van der Waals surface area contributed by atoms with E-state index in [9.17, 15) is 9.59 Å². The lowest BCUT2D eigenvalue weighted by Gasteiger charge is -1.79. The minimum absolute atomic E-state index is 0. The summed E-state index contributed by atoms with van der Waals surface area (Å²) in [7, 11) is 1.38. The van der Waals surface area contributed by atoms with E-state index in [1.807, 2.05) is 0 Å². The van der Waals surface area contributed by atoms with Crippen molar-refractivity contribution in [2.75, 3.05) is 7.05 Å². The first-order chi connectivity index (χ1) is 3.31. The van der Waals surface area contributed by atoms with E-state index in [0.29, 0.717) is 0 Å². The van der Waals surface area contributed by atoms with Gasteiger partial charge in [-0.3, -0.25) is 0 Å². The average Bonchev–Trinajstić information content (AvgIpc) is 1.68. The topological polar surface area (TPSA) is 58.5 Å². The summed E-state index contributed by atoms with van der Waals surface area (Å²) in [4.78, 5) is 21.8. The van der Waals surface area contributed by atoms with Crippen LogP contribution in [0.2, 0.25) is 0 Å². The number of carbonyl (C=O) groups is 1. The molecule has 0 aromatic heterocycles. The van der Waals surface area contributed by atoms with Crippen LogP contribution in [0.5, 0.6) is 0 Å². The summed E-state index contributed by atoms with van der Waals surface area (Å²) in [5, 5.41) is 2.10. The molecule has 0 heterocycles. The standard InChI is InChI=1S/C3H4N2O2.ClH/c1-4-3(7)5-2-6;/h1H3,(H,4,7);1H. The van der Waals surface area contributed by atoms with Crippen LogP contribution in [0.1, 0.15) is 0 Å². The van der Waals surface area contributed by atoms with Gasteiger partial charge in [-0.25, -0.2) is 9.59 Å². The molecule has 0 bridgehead atoms. The average molecular weight is 137 g/mol. The smallest absolute Gasteiger partial charge is 0.339 e. The van der Waals surface area contributed by atoms with Crippen molar-refractivity contribution in [2.24, 2.45) is 4.99 Å². The molecule has 4 nitrogen and oxygen atoms in total. The van der Waals surface area contributed by atoms with E-state index < -0.39 is 6.03 Å². The van der Waals surface area contributed by atoms with E-state index in [4.69, 9.17) is 0 Å². The Morgan fingerprint density at radius 1 is 1.75 bits per heavy atom. The molecule has 0 atom stereocenters. The van der Waals surface area contributed by atoms with Crippen molar-refractivity contribution in [3.05, 3.63) is 0 Å². The molecule has 0 aliphatic heterocycles. The molecule has 0 saturated carbocycles. The zero-order valence-electron chi connectivity index (χ0n) is 4.17. The number of carbonyl (C=O) groups excluding carboxylic acids is 2. The van der Waals surface area contributed by atoms with Crippen molar-refractivity contribution < 1.29 is 9.59 Å². The second-order valence-corrected chi connectivity index (χ2v) is 0.758. The molecule has 0 rings (SSSR count). The van der Waals surface area contributed by atoms with Gasteiger partial charge >= 0.3 is 6.03 Å². The largest absolute Gasteiger partial charge is 0.351 e. The number of amides is 2. The normalized spacial score (nSPS) is 5.62. The molecule has 2 amide bonds. The van der Waals surface area contributed by atoms with Crippen LogP contribution >= 0.6 is 12.4 Å². The summed E-state index contributed by atoms with van der Waals surface area (Å²) in [6, 6.07) is -0.671. The number of hydrogen-bond donors (Lipinski definition) is 1. The van der Waals surface area contributed by atoms with Crippen molar-refractivity contribution in [1.82, 2.24) is 5.32 Å². The highest BCUT2D eigenvalue weighted by atomic mass is 35.5. The van der Waals surface area contributed by atoms with E-state index in [2.05, 4.69) is 10.3 Å². The van der Waals surface area contributed by atoms with Crippen LogP contribution in [0.4, 0.5) is 4.79 Å². The first kappa shape index (κ1) is 10.2. The van der Waals surface area contributed by atoms with Gasteiger partial charge in [-0.05, 0) is 0 Å². The lowest BCUT2D eigenvalue weighted by atomic mass is 11.0. The van der Waals surface area contributed by atoms with Crippen LogP contribution in [-0.4, -0.2) is 19.2 Å². The molecule has 0 aromatic carbocycles. The summed E-state index contributed by atoms with van der Waals surface area (Å²) in [5.74, 6) is 0. The van der Waals surface area contributed by atoms with Gasteiger partial charge < -0.3 is 5.32 Å². The molecule has 0 radical (unpaired) electrons. The maximum absolute atomic E-state index is 9.87. The molecular weight excluding hydrogens is 131 g/mol. The van der Waals surface area contributed by atoms with E-state index in [-0.39, 0.29) is 12.4 Å². The highest BCUT2D eigenvalue weighted by Gasteiger charge is 1.84. The lowest BCUT2D eigenvalue weighted by Crippen LogP contribution is -2.11. The predicted octanol–water partition coefficient (Wildman–Crippen LogP) is 0.0834. The third-order valence-corrected chi connectivity index (χ3v) is 0.361. The monoisotopic (exact) mass is 136 g/mol. The Labute approximate surface area is 52.4 Å². The summed E-state index contributed by atoms with van der Waals surface area (Å²) >= 11 is 0. The van der Waals surface area contributed by atoms with Crippen LogP contribution < -0.4 is 5.32 Å². The molecule has 0 spiro atoms. The Balaban J connectivity index is 0. The molecule has 0 unspecified atom stereocenters. The molecule has 0 aromatic rings. The maximum Gasteiger partial charge on any atom is 0.351 e. The lowest BCUT2D eigenvalue weighted by molar-refractivity contribution is 0.251. The van der Waals surface area contributed by atoms with E-state index in [1.165, 1.54) is 7.05 Å².